The lowest BCUT2D eigenvalue weighted by Gasteiger charge is -2.19. The fraction of sp³-hybridized carbons (Fsp3) is 0.429. The molecule has 2 amide bonds. The average molecular weight is 293 g/mol. The molecular weight excluding hydrogens is 274 g/mol. The number of hydrogen-bond acceptors (Lipinski definition) is 5. The van der Waals surface area contributed by atoms with Gasteiger partial charge in [0.25, 0.3) is 0 Å². The zero-order chi connectivity index (χ0) is 15.2. The summed E-state index contributed by atoms with van der Waals surface area (Å²) in [6.07, 6.45) is 0.192. The third-order valence-electron chi connectivity index (χ3n) is 2.94. The molecule has 21 heavy (non-hydrogen) atoms. The van der Waals surface area contributed by atoms with Crippen molar-refractivity contribution in [1.82, 2.24) is 5.32 Å². The molecule has 0 radical (unpaired) electrons. The van der Waals surface area contributed by atoms with Gasteiger partial charge in [-0.15, -0.1) is 0 Å². The van der Waals surface area contributed by atoms with E-state index in [4.69, 9.17) is 15.2 Å². The van der Waals surface area contributed by atoms with E-state index in [0.717, 1.165) is 0 Å². The Balaban J connectivity index is 1.84. The van der Waals surface area contributed by atoms with Gasteiger partial charge in [-0.05, 0) is 19.1 Å². The Morgan fingerprint density at radius 3 is 2.71 bits per heavy atom. The summed E-state index contributed by atoms with van der Waals surface area (Å²) in [5, 5.41) is 5.68. The summed E-state index contributed by atoms with van der Waals surface area (Å²) in [6, 6.07) is 5.08. The van der Waals surface area contributed by atoms with Gasteiger partial charge in [0.2, 0.25) is 11.8 Å². The van der Waals surface area contributed by atoms with E-state index in [1.807, 2.05) is 0 Å². The number of carbonyl (C=O) groups is 2. The van der Waals surface area contributed by atoms with Crippen LogP contribution in [0, 0.1) is 0 Å². The summed E-state index contributed by atoms with van der Waals surface area (Å²) < 4.78 is 10.8. The average Bonchev–Trinajstić information content (AvgIpc) is 2.44. The lowest BCUT2D eigenvalue weighted by atomic mass is 10.2. The van der Waals surface area contributed by atoms with Crippen molar-refractivity contribution in [3.8, 4) is 11.5 Å². The maximum Gasteiger partial charge on any atom is 0.238 e. The topological polar surface area (TPSA) is 103 Å². The van der Waals surface area contributed by atoms with Crippen LogP contribution >= 0.6 is 0 Å². The van der Waals surface area contributed by atoms with Gasteiger partial charge in [-0.3, -0.25) is 9.59 Å². The smallest absolute Gasteiger partial charge is 0.238 e. The molecule has 0 bridgehead atoms. The van der Waals surface area contributed by atoms with Crippen molar-refractivity contribution < 1.29 is 19.1 Å². The maximum atomic E-state index is 11.8. The van der Waals surface area contributed by atoms with Crippen LogP contribution in [0.4, 0.5) is 5.69 Å². The maximum absolute atomic E-state index is 11.8. The molecular formula is C14H19N3O4. The SMILES string of the molecule is CC(CC(N)=O)NCC(=O)Nc1ccc2c(c1)OCCO2. The summed E-state index contributed by atoms with van der Waals surface area (Å²) in [5.41, 5.74) is 5.72. The molecule has 0 spiro atoms. The number of nitrogens with one attached hydrogen (secondary N) is 2. The number of anilines is 1. The molecule has 114 valence electrons. The molecule has 0 aliphatic carbocycles. The van der Waals surface area contributed by atoms with E-state index in [1.165, 1.54) is 0 Å². The van der Waals surface area contributed by atoms with Crippen molar-refractivity contribution in [2.45, 2.75) is 19.4 Å². The molecule has 1 unspecified atom stereocenters. The van der Waals surface area contributed by atoms with E-state index in [0.29, 0.717) is 30.4 Å². The van der Waals surface area contributed by atoms with Gasteiger partial charge in [0.05, 0.1) is 6.54 Å². The molecule has 1 aliphatic heterocycles. The van der Waals surface area contributed by atoms with Crippen LogP contribution in [0.3, 0.4) is 0 Å². The molecule has 0 saturated heterocycles. The van der Waals surface area contributed by atoms with E-state index in [-0.39, 0.29) is 24.9 Å². The Morgan fingerprint density at radius 1 is 1.29 bits per heavy atom. The van der Waals surface area contributed by atoms with Crippen molar-refractivity contribution >= 4 is 17.5 Å². The molecule has 0 fully saturated rings. The molecule has 1 heterocycles. The first-order chi connectivity index (χ1) is 10.0. The zero-order valence-electron chi connectivity index (χ0n) is 11.8. The fourth-order valence-electron chi connectivity index (χ4n) is 1.97. The van der Waals surface area contributed by atoms with Crippen LogP contribution in [-0.2, 0) is 9.59 Å². The van der Waals surface area contributed by atoms with Gasteiger partial charge in [-0.2, -0.15) is 0 Å². The van der Waals surface area contributed by atoms with Gasteiger partial charge < -0.3 is 25.8 Å². The molecule has 4 N–H and O–H groups in total. The first-order valence-corrected chi connectivity index (χ1v) is 6.76. The minimum absolute atomic E-state index is 0.100. The Bertz CT molecular complexity index is 533. The number of nitrogens with two attached hydrogens (primary N) is 1. The predicted octanol–water partition coefficient (Wildman–Crippen LogP) is 0.250. The molecule has 1 aromatic rings. The minimum Gasteiger partial charge on any atom is -0.486 e. The highest BCUT2D eigenvalue weighted by atomic mass is 16.6. The molecule has 0 aromatic heterocycles. The van der Waals surface area contributed by atoms with Crippen LogP contribution in [0.15, 0.2) is 18.2 Å². The van der Waals surface area contributed by atoms with Crippen molar-refractivity contribution in [3.05, 3.63) is 18.2 Å². The number of benzene rings is 1. The van der Waals surface area contributed by atoms with E-state index in [9.17, 15) is 9.59 Å². The molecule has 7 nitrogen and oxygen atoms in total. The second kappa shape index (κ2) is 6.94. The van der Waals surface area contributed by atoms with E-state index in [2.05, 4.69) is 10.6 Å². The number of hydrogen-bond donors (Lipinski definition) is 3. The third kappa shape index (κ3) is 4.64. The highest BCUT2D eigenvalue weighted by molar-refractivity contribution is 5.92. The van der Waals surface area contributed by atoms with Crippen LogP contribution in [-0.4, -0.2) is 37.6 Å². The van der Waals surface area contributed by atoms with E-state index in [1.54, 1.807) is 25.1 Å². The third-order valence-corrected chi connectivity index (χ3v) is 2.94. The molecule has 2 rings (SSSR count). The van der Waals surface area contributed by atoms with Gasteiger partial charge in [-0.1, -0.05) is 0 Å². The summed E-state index contributed by atoms with van der Waals surface area (Å²) in [7, 11) is 0. The largest absolute Gasteiger partial charge is 0.486 e. The molecule has 1 atom stereocenters. The van der Waals surface area contributed by atoms with Gasteiger partial charge >= 0.3 is 0 Å². The van der Waals surface area contributed by atoms with Gasteiger partial charge in [0.15, 0.2) is 11.5 Å². The van der Waals surface area contributed by atoms with Crippen LogP contribution < -0.4 is 25.8 Å². The summed E-state index contributed by atoms with van der Waals surface area (Å²) in [5.74, 6) is 0.687. The van der Waals surface area contributed by atoms with Gasteiger partial charge in [0, 0.05) is 24.2 Å². The number of amides is 2. The fourth-order valence-corrected chi connectivity index (χ4v) is 1.97. The summed E-state index contributed by atoms with van der Waals surface area (Å²) >= 11 is 0. The number of carbonyl (C=O) groups excluding carboxylic acids is 2. The zero-order valence-corrected chi connectivity index (χ0v) is 11.8. The first kappa shape index (κ1) is 15.1. The number of fused-ring (bicyclic) bond motifs is 1. The van der Waals surface area contributed by atoms with Gasteiger partial charge in [0.1, 0.15) is 13.2 Å². The molecule has 0 saturated carbocycles. The van der Waals surface area contributed by atoms with E-state index >= 15 is 0 Å². The van der Waals surface area contributed by atoms with Crippen molar-refractivity contribution in [1.29, 1.82) is 0 Å². The van der Waals surface area contributed by atoms with Crippen LogP contribution in [0.25, 0.3) is 0 Å². The summed E-state index contributed by atoms with van der Waals surface area (Å²) in [4.78, 5) is 22.5. The monoisotopic (exact) mass is 293 g/mol. The highest BCUT2D eigenvalue weighted by Crippen LogP contribution is 2.32. The van der Waals surface area contributed by atoms with Crippen LogP contribution in [0.1, 0.15) is 13.3 Å². The molecule has 7 heteroatoms. The number of rotatable bonds is 6. The second-order valence-electron chi connectivity index (χ2n) is 4.86. The number of primary amides is 1. The first-order valence-electron chi connectivity index (χ1n) is 6.76. The van der Waals surface area contributed by atoms with Gasteiger partial charge in [-0.25, -0.2) is 0 Å². The number of ether oxygens (including phenoxy) is 2. The minimum atomic E-state index is -0.401. The van der Waals surface area contributed by atoms with E-state index < -0.39 is 5.91 Å². The van der Waals surface area contributed by atoms with Crippen LogP contribution in [0.5, 0.6) is 11.5 Å². The van der Waals surface area contributed by atoms with Crippen molar-refractivity contribution in [2.75, 3.05) is 25.1 Å². The lowest BCUT2D eigenvalue weighted by Crippen LogP contribution is -2.36. The molecule has 1 aromatic carbocycles. The standard InChI is InChI=1S/C14H19N3O4/c1-9(6-13(15)18)16-8-14(19)17-10-2-3-11-12(7-10)21-5-4-20-11/h2-3,7,9,16H,4-6,8H2,1H3,(H2,15,18)(H,17,19). The Labute approximate surface area is 122 Å². The Kier molecular flexibility index (Phi) is 4.99. The van der Waals surface area contributed by atoms with Crippen LogP contribution in [0.2, 0.25) is 0 Å². The molecule has 1 aliphatic rings. The highest BCUT2D eigenvalue weighted by Gasteiger charge is 2.13. The second-order valence-corrected chi connectivity index (χ2v) is 4.86. The summed E-state index contributed by atoms with van der Waals surface area (Å²) in [6.45, 7) is 2.92. The Morgan fingerprint density at radius 2 is 2.00 bits per heavy atom. The predicted molar refractivity (Wildman–Crippen MR) is 77.3 cm³/mol. The normalized spacial score (nSPS) is 14.3. The Hall–Kier alpha value is -2.28. The lowest BCUT2D eigenvalue weighted by molar-refractivity contribution is -0.119. The quantitative estimate of drug-likeness (QED) is 0.697. The van der Waals surface area contributed by atoms with Crippen molar-refractivity contribution in [2.24, 2.45) is 5.73 Å². The van der Waals surface area contributed by atoms with Crippen molar-refractivity contribution in [3.63, 3.8) is 0 Å².